The van der Waals surface area contributed by atoms with Crippen LogP contribution in [0.4, 0.5) is 0 Å². The van der Waals surface area contributed by atoms with Gasteiger partial charge >= 0.3 is 0 Å². The zero-order chi connectivity index (χ0) is 7.98. The molecule has 10 heavy (non-hydrogen) atoms. The Morgan fingerprint density at radius 2 is 2.00 bits per heavy atom. The fraction of sp³-hybridized carbons (Fsp3) is 0.750. The van der Waals surface area contributed by atoms with Crippen molar-refractivity contribution in [3.8, 4) is 0 Å². The lowest BCUT2D eigenvalue weighted by Crippen LogP contribution is -2.24. The van der Waals surface area contributed by atoms with Gasteiger partial charge in [-0.2, -0.15) is 0 Å². The van der Waals surface area contributed by atoms with Crippen LogP contribution in [0.1, 0.15) is 20.8 Å². The van der Waals surface area contributed by atoms with Crippen molar-refractivity contribution in [2.75, 3.05) is 6.61 Å². The molecular weight excluding hydrogens is 128 g/mol. The fourth-order valence-corrected chi connectivity index (χ4v) is 0.661. The Morgan fingerprint density at radius 1 is 1.40 bits per heavy atom. The second kappa shape index (κ2) is 5.30. The molecule has 0 bridgehead atoms. The van der Waals surface area contributed by atoms with Gasteiger partial charge in [0.1, 0.15) is 6.10 Å². The van der Waals surface area contributed by atoms with Crippen LogP contribution in [0.15, 0.2) is 12.8 Å². The van der Waals surface area contributed by atoms with E-state index in [1.165, 1.54) is 6.26 Å². The first-order valence-electron chi connectivity index (χ1n) is 3.60. The minimum atomic E-state index is 0.0949. The van der Waals surface area contributed by atoms with E-state index in [1.807, 2.05) is 20.8 Å². The van der Waals surface area contributed by atoms with Crippen LogP contribution in [0, 0.1) is 0 Å². The van der Waals surface area contributed by atoms with E-state index in [0.717, 1.165) is 6.61 Å². The lowest BCUT2D eigenvalue weighted by atomic mass is 10.2. The Labute approximate surface area is 62.8 Å². The van der Waals surface area contributed by atoms with Crippen molar-refractivity contribution < 1.29 is 9.47 Å². The molecule has 0 aliphatic carbocycles. The summed E-state index contributed by atoms with van der Waals surface area (Å²) in [5.74, 6) is 0. The molecule has 0 N–H and O–H groups in total. The van der Waals surface area contributed by atoms with Gasteiger partial charge in [0.15, 0.2) is 0 Å². The van der Waals surface area contributed by atoms with Crippen molar-refractivity contribution in [3.05, 3.63) is 12.8 Å². The van der Waals surface area contributed by atoms with E-state index in [0.29, 0.717) is 0 Å². The van der Waals surface area contributed by atoms with Crippen LogP contribution >= 0.6 is 0 Å². The van der Waals surface area contributed by atoms with E-state index < -0.39 is 0 Å². The summed E-state index contributed by atoms with van der Waals surface area (Å²) in [4.78, 5) is 0. The van der Waals surface area contributed by atoms with Gasteiger partial charge in [0.2, 0.25) is 0 Å². The molecule has 0 aromatic heterocycles. The zero-order valence-corrected chi connectivity index (χ0v) is 6.96. The third kappa shape index (κ3) is 3.51. The van der Waals surface area contributed by atoms with E-state index in [2.05, 4.69) is 6.58 Å². The summed E-state index contributed by atoms with van der Waals surface area (Å²) in [6.07, 6.45) is 1.68. The Bertz CT molecular complexity index is 91.3. The number of ether oxygens (including phenoxy) is 2. The number of hydrogen-bond donors (Lipinski definition) is 0. The van der Waals surface area contributed by atoms with Gasteiger partial charge in [-0.25, -0.2) is 0 Å². The lowest BCUT2D eigenvalue weighted by molar-refractivity contribution is -0.0191. The molecule has 0 aromatic carbocycles. The highest BCUT2D eigenvalue weighted by atomic mass is 16.5. The van der Waals surface area contributed by atoms with Crippen LogP contribution in [0.3, 0.4) is 0 Å². The van der Waals surface area contributed by atoms with Crippen LogP contribution < -0.4 is 0 Å². The monoisotopic (exact) mass is 144 g/mol. The largest absolute Gasteiger partial charge is 0.496 e. The molecule has 0 amide bonds. The highest BCUT2D eigenvalue weighted by Crippen LogP contribution is 2.02. The molecule has 0 fully saturated rings. The quantitative estimate of drug-likeness (QED) is 0.549. The maximum atomic E-state index is 5.28. The second-order valence-corrected chi connectivity index (χ2v) is 2.17. The summed E-state index contributed by atoms with van der Waals surface area (Å²) in [6, 6.07) is 0. The van der Waals surface area contributed by atoms with E-state index >= 15 is 0 Å². The van der Waals surface area contributed by atoms with Gasteiger partial charge in [-0.15, -0.1) is 0 Å². The molecule has 0 saturated heterocycles. The highest BCUT2D eigenvalue weighted by Gasteiger charge is 2.10. The molecule has 0 saturated carbocycles. The van der Waals surface area contributed by atoms with Crippen LogP contribution in [0.25, 0.3) is 0 Å². The number of hydrogen-bond acceptors (Lipinski definition) is 2. The normalized spacial score (nSPS) is 15.9. The van der Waals surface area contributed by atoms with Crippen molar-refractivity contribution in [1.29, 1.82) is 0 Å². The average molecular weight is 144 g/mol. The second-order valence-electron chi connectivity index (χ2n) is 2.17. The predicted octanol–water partition coefficient (Wildman–Crippen LogP) is 1.96. The van der Waals surface area contributed by atoms with Crippen molar-refractivity contribution in [1.82, 2.24) is 0 Å². The van der Waals surface area contributed by atoms with E-state index in [9.17, 15) is 0 Å². The van der Waals surface area contributed by atoms with Crippen LogP contribution in [0.2, 0.25) is 0 Å². The summed E-state index contributed by atoms with van der Waals surface area (Å²) >= 11 is 0. The summed E-state index contributed by atoms with van der Waals surface area (Å²) < 4.78 is 10.4. The van der Waals surface area contributed by atoms with E-state index in [-0.39, 0.29) is 12.2 Å². The molecule has 0 heterocycles. The molecule has 2 heteroatoms. The van der Waals surface area contributed by atoms with Crippen LogP contribution in [-0.2, 0) is 9.47 Å². The topological polar surface area (TPSA) is 18.5 Å². The van der Waals surface area contributed by atoms with Gasteiger partial charge in [-0.3, -0.25) is 0 Å². The molecule has 0 rings (SSSR count). The maximum Gasteiger partial charge on any atom is 0.121 e. The minimum absolute atomic E-state index is 0.0949. The molecule has 0 spiro atoms. The summed E-state index contributed by atoms with van der Waals surface area (Å²) in [5, 5.41) is 0. The Balaban J connectivity index is 3.47. The third-order valence-electron chi connectivity index (χ3n) is 1.40. The third-order valence-corrected chi connectivity index (χ3v) is 1.40. The van der Waals surface area contributed by atoms with E-state index in [4.69, 9.17) is 9.47 Å². The van der Waals surface area contributed by atoms with Crippen LogP contribution in [0.5, 0.6) is 0 Å². The first kappa shape index (κ1) is 9.50. The van der Waals surface area contributed by atoms with Crippen LogP contribution in [-0.4, -0.2) is 18.8 Å². The van der Waals surface area contributed by atoms with Gasteiger partial charge < -0.3 is 9.47 Å². The molecule has 2 nitrogen and oxygen atoms in total. The van der Waals surface area contributed by atoms with Gasteiger partial charge in [0.05, 0.1) is 12.4 Å². The fourth-order valence-electron chi connectivity index (χ4n) is 0.661. The molecule has 0 aliphatic rings. The number of rotatable bonds is 5. The standard InChI is InChI=1S/C8H16O2/c1-5-9-7(3)8(4)10-6-2/h5,7-8H,1,6H2,2-4H3. The van der Waals surface area contributed by atoms with Crippen molar-refractivity contribution in [2.24, 2.45) is 0 Å². The average Bonchev–Trinajstić information content (AvgIpc) is 1.89. The van der Waals surface area contributed by atoms with Crippen molar-refractivity contribution in [3.63, 3.8) is 0 Å². The van der Waals surface area contributed by atoms with Crippen molar-refractivity contribution >= 4 is 0 Å². The first-order chi connectivity index (χ1) is 4.72. The van der Waals surface area contributed by atoms with Gasteiger partial charge in [-0.05, 0) is 20.8 Å². The Hall–Kier alpha value is -0.500. The molecule has 0 aliphatic heterocycles. The molecule has 2 atom stereocenters. The van der Waals surface area contributed by atoms with Gasteiger partial charge in [0, 0.05) is 6.61 Å². The molecule has 2 unspecified atom stereocenters. The van der Waals surface area contributed by atoms with Gasteiger partial charge in [0.25, 0.3) is 0 Å². The Morgan fingerprint density at radius 3 is 2.40 bits per heavy atom. The van der Waals surface area contributed by atoms with Gasteiger partial charge in [-0.1, -0.05) is 6.58 Å². The predicted molar refractivity (Wildman–Crippen MR) is 41.8 cm³/mol. The van der Waals surface area contributed by atoms with E-state index in [1.54, 1.807) is 0 Å². The smallest absolute Gasteiger partial charge is 0.121 e. The summed E-state index contributed by atoms with van der Waals surface area (Å²) in [6.45, 7) is 10.1. The lowest BCUT2D eigenvalue weighted by Gasteiger charge is -2.18. The maximum absolute atomic E-state index is 5.28. The zero-order valence-electron chi connectivity index (χ0n) is 6.96. The first-order valence-corrected chi connectivity index (χ1v) is 3.60. The summed E-state index contributed by atoms with van der Waals surface area (Å²) in [7, 11) is 0. The molecule has 60 valence electrons. The summed E-state index contributed by atoms with van der Waals surface area (Å²) in [5.41, 5.74) is 0. The molecule has 0 radical (unpaired) electrons. The molecular formula is C8H16O2. The highest BCUT2D eigenvalue weighted by molar-refractivity contribution is 4.63. The van der Waals surface area contributed by atoms with Crippen molar-refractivity contribution in [2.45, 2.75) is 33.0 Å². The SMILES string of the molecule is C=COC(C)C(C)OCC. The minimum Gasteiger partial charge on any atom is -0.496 e. The molecule has 0 aromatic rings. The Kier molecular flexibility index (Phi) is 5.03.